The molecule has 0 unspecified atom stereocenters. The van der Waals surface area contributed by atoms with Crippen molar-refractivity contribution in [2.24, 2.45) is 0 Å². The molecule has 0 radical (unpaired) electrons. The van der Waals surface area contributed by atoms with Gasteiger partial charge in [-0.2, -0.15) is 0 Å². The van der Waals surface area contributed by atoms with E-state index >= 15 is 0 Å². The van der Waals surface area contributed by atoms with Gasteiger partial charge in [0.25, 0.3) is 0 Å². The lowest BCUT2D eigenvalue weighted by atomic mass is 9.86. The summed E-state index contributed by atoms with van der Waals surface area (Å²) in [5.74, 6) is 0. The van der Waals surface area contributed by atoms with Gasteiger partial charge in [-0.05, 0) is 74.7 Å². The number of benzene rings is 7. The van der Waals surface area contributed by atoms with Crippen LogP contribution < -0.4 is 0 Å². The highest BCUT2D eigenvalue weighted by atomic mass is 15.1. The summed E-state index contributed by atoms with van der Waals surface area (Å²) in [5.41, 5.74) is 11.1. The molecule has 9 rings (SSSR count). The van der Waals surface area contributed by atoms with E-state index in [1.54, 1.807) is 0 Å². The molecule has 7 aromatic carbocycles. The van der Waals surface area contributed by atoms with Crippen LogP contribution in [-0.4, -0.2) is 9.13 Å². The van der Waals surface area contributed by atoms with E-state index in [1.807, 2.05) is 0 Å². The van der Waals surface area contributed by atoms with Crippen molar-refractivity contribution in [2.45, 2.75) is 26.2 Å². The maximum Gasteiger partial charge on any atom is 0.0810 e. The summed E-state index contributed by atoms with van der Waals surface area (Å²) >= 11 is 0. The third-order valence-corrected chi connectivity index (χ3v) is 9.64. The third kappa shape index (κ3) is 3.90. The number of para-hydroxylation sites is 1. The highest BCUT2D eigenvalue weighted by molar-refractivity contribution is 6.34. The minimum absolute atomic E-state index is 0.0168. The van der Waals surface area contributed by atoms with Gasteiger partial charge >= 0.3 is 0 Å². The average Bonchev–Trinajstić information content (AvgIpc) is 3.62. The van der Waals surface area contributed by atoms with Crippen LogP contribution in [0.5, 0.6) is 0 Å². The normalized spacial score (nSPS) is 12.2. The first-order chi connectivity index (χ1) is 22.5. The molecule has 2 heteroatoms. The van der Waals surface area contributed by atoms with Gasteiger partial charge in [-0.1, -0.05) is 136 Å². The number of aromatic nitrogens is 2. The van der Waals surface area contributed by atoms with Crippen LogP contribution in [0.2, 0.25) is 0 Å². The molecule has 0 fully saturated rings. The van der Waals surface area contributed by atoms with Gasteiger partial charge in [-0.25, -0.2) is 0 Å². The molecule has 220 valence electrons. The van der Waals surface area contributed by atoms with Crippen LogP contribution in [0.25, 0.3) is 76.9 Å². The monoisotopic (exact) mass is 590 g/mol. The van der Waals surface area contributed by atoms with Crippen LogP contribution >= 0.6 is 0 Å². The molecule has 2 aromatic heterocycles. The van der Waals surface area contributed by atoms with Crippen molar-refractivity contribution in [1.82, 2.24) is 9.13 Å². The molecule has 2 nitrogen and oxygen atoms in total. The van der Waals surface area contributed by atoms with Gasteiger partial charge in [0.05, 0.1) is 22.1 Å². The minimum atomic E-state index is 0.0168. The Kier molecular flexibility index (Phi) is 5.79. The van der Waals surface area contributed by atoms with Crippen molar-refractivity contribution in [3.8, 4) is 22.5 Å². The molecule has 0 spiro atoms. The summed E-state index contributed by atoms with van der Waals surface area (Å²) in [6.45, 7) is 6.91. The topological polar surface area (TPSA) is 9.86 Å². The van der Waals surface area contributed by atoms with E-state index < -0.39 is 0 Å². The van der Waals surface area contributed by atoms with Crippen LogP contribution in [0.15, 0.2) is 152 Å². The van der Waals surface area contributed by atoms with Crippen LogP contribution in [0.3, 0.4) is 0 Å². The van der Waals surface area contributed by atoms with Gasteiger partial charge in [0.2, 0.25) is 0 Å². The molecule has 0 bridgehead atoms. The van der Waals surface area contributed by atoms with Gasteiger partial charge in [-0.15, -0.1) is 0 Å². The summed E-state index contributed by atoms with van der Waals surface area (Å²) in [7, 11) is 0. The Morgan fingerprint density at radius 2 is 0.935 bits per heavy atom. The van der Waals surface area contributed by atoms with Crippen molar-refractivity contribution in [1.29, 1.82) is 0 Å². The van der Waals surface area contributed by atoms with Crippen molar-refractivity contribution < 1.29 is 0 Å². The lowest BCUT2D eigenvalue weighted by Gasteiger charge is -2.19. The Morgan fingerprint density at radius 3 is 1.61 bits per heavy atom. The first-order valence-electron chi connectivity index (χ1n) is 16.1. The predicted octanol–water partition coefficient (Wildman–Crippen LogP) is 12.0. The summed E-state index contributed by atoms with van der Waals surface area (Å²) < 4.78 is 5.04. The molecule has 46 heavy (non-hydrogen) atoms. The molecule has 2 heterocycles. The second-order valence-corrected chi connectivity index (χ2v) is 13.4. The molecule has 0 atom stereocenters. The Bertz CT molecular complexity index is 2580. The smallest absolute Gasteiger partial charge is 0.0810 e. The quantitative estimate of drug-likeness (QED) is 0.181. The first kappa shape index (κ1) is 26.8. The van der Waals surface area contributed by atoms with Gasteiger partial charge < -0.3 is 9.13 Å². The summed E-state index contributed by atoms with van der Waals surface area (Å²) in [6, 6.07) is 55.6. The number of nitrogens with zero attached hydrogens (tertiary/aromatic N) is 2. The molecule has 0 aliphatic carbocycles. The summed E-state index contributed by atoms with van der Waals surface area (Å²) in [6.07, 6.45) is 0. The van der Waals surface area contributed by atoms with E-state index in [0.717, 1.165) is 5.69 Å². The largest absolute Gasteiger partial charge is 0.307 e. The zero-order chi connectivity index (χ0) is 31.0. The number of rotatable bonds is 3. The fraction of sp³-hybridized carbons (Fsp3) is 0.0909. The SMILES string of the molecule is CC(C)(C)c1ccc2c(c1)c1c(c3c4ccccc4c4ccccc4c3n1-c1ccccc1)n2-c1ccc(-c2ccccc2)cc1. The van der Waals surface area contributed by atoms with E-state index in [-0.39, 0.29) is 5.41 Å². The lowest BCUT2D eigenvalue weighted by molar-refractivity contribution is 0.591. The molecule has 0 saturated carbocycles. The predicted molar refractivity (Wildman–Crippen MR) is 197 cm³/mol. The standard InChI is InChI=1S/C44H34N2/c1-44(2,3)31-24-27-39-38(28-31)42-43(45(39)33-25-22-30(23-26-33)29-14-6-4-7-15-29)40-36-20-12-10-18-34(36)35-19-11-13-21-37(35)41(40)46(42)32-16-8-5-9-17-32/h4-28H,1-3H3. The van der Waals surface area contributed by atoms with Crippen molar-refractivity contribution in [2.75, 3.05) is 0 Å². The molecule has 0 aliphatic heterocycles. The van der Waals surface area contributed by atoms with Gasteiger partial charge in [0.15, 0.2) is 0 Å². The molecule has 0 saturated heterocycles. The third-order valence-electron chi connectivity index (χ3n) is 9.64. The average molecular weight is 591 g/mol. The van der Waals surface area contributed by atoms with E-state index in [2.05, 4.69) is 182 Å². The highest BCUT2D eigenvalue weighted by Crippen LogP contribution is 2.47. The first-order valence-corrected chi connectivity index (χ1v) is 16.1. The lowest BCUT2D eigenvalue weighted by Crippen LogP contribution is -2.10. The van der Waals surface area contributed by atoms with E-state index in [1.165, 1.54) is 76.8 Å². The second kappa shape index (κ2) is 9.95. The summed E-state index contributed by atoms with van der Waals surface area (Å²) in [5, 5.41) is 7.65. The van der Waals surface area contributed by atoms with Crippen molar-refractivity contribution >= 4 is 54.4 Å². The fourth-order valence-corrected chi connectivity index (χ4v) is 7.44. The molecule has 0 aliphatic rings. The number of fused-ring (bicyclic) bond motifs is 10. The zero-order valence-corrected chi connectivity index (χ0v) is 26.3. The molecular weight excluding hydrogens is 556 g/mol. The molecule has 0 N–H and O–H groups in total. The number of hydrogen-bond donors (Lipinski definition) is 0. The Balaban J connectivity index is 1.53. The van der Waals surface area contributed by atoms with E-state index in [4.69, 9.17) is 0 Å². The Labute approximate surface area is 268 Å². The van der Waals surface area contributed by atoms with Crippen LogP contribution in [0.1, 0.15) is 26.3 Å². The maximum absolute atomic E-state index is 2.53. The van der Waals surface area contributed by atoms with Crippen LogP contribution in [0, 0.1) is 0 Å². The van der Waals surface area contributed by atoms with E-state index in [9.17, 15) is 0 Å². The Morgan fingerprint density at radius 1 is 0.391 bits per heavy atom. The van der Waals surface area contributed by atoms with Crippen molar-refractivity contribution in [3.05, 3.63) is 157 Å². The van der Waals surface area contributed by atoms with Crippen LogP contribution in [-0.2, 0) is 5.41 Å². The summed E-state index contributed by atoms with van der Waals surface area (Å²) in [4.78, 5) is 0. The van der Waals surface area contributed by atoms with Crippen LogP contribution in [0.4, 0.5) is 0 Å². The molecule has 9 aromatic rings. The second-order valence-electron chi connectivity index (χ2n) is 13.4. The van der Waals surface area contributed by atoms with Crippen molar-refractivity contribution in [3.63, 3.8) is 0 Å². The molecular formula is C44H34N2. The van der Waals surface area contributed by atoms with Gasteiger partial charge in [0.1, 0.15) is 0 Å². The fourth-order valence-electron chi connectivity index (χ4n) is 7.44. The number of hydrogen-bond acceptors (Lipinski definition) is 0. The zero-order valence-electron chi connectivity index (χ0n) is 26.3. The Hall–Kier alpha value is -5.60. The minimum Gasteiger partial charge on any atom is -0.307 e. The highest BCUT2D eigenvalue weighted by Gasteiger charge is 2.26. The van der Waals surface area contributed by atoms with Gasteiger partial charge in [-0.3, -0.25) is 0 Å². The maximum atomic E-state index is 2.53. The molecule has 0 amide bonds. The van der Waals surface area contributed by atoms with Gasteiger partial charge in [0, 0.05) is 27.5 Å². The van der Waals surface area contributed by atoms with E-state index in [0.29, 0.717) is 0 Å².